The molecule has 0 spiro atoms. The molecule has 0 atom stereocenters. The number of nitrogens with one attached hydrogen (secondary N) is 2. The standard InChI is InChI=1S/C14H22FN3OS.HI/c1-16-14(17-6-7-20-3)18-9-11-4-5-13(15)12(8-11)10-19-2;/h4-5,8H,6-7,9-10H2,1-3H3,(H2,16,17,18);1H. The van der Waals surface area contributed by atoms with Crippen molar-refractivity contribution in [2.24, 2.45) is 4.99 Å². The summed E-state index contributed by atoms with van der Waals surface area (Å²) >= 11 is 1.78. The van der Waals surface area contributed by atoms with Crippen LogP contribution in [0.5, 0.6) is 0 Å². The number of nitrogens with zero attached hydrogens (tertiary/aromatic N) is 1. The SMILES string of the molecule is CN=C(NCCSC)NCc1ccc(F)c(COC)c1.I. The van der Waals surface area contributed by atoms with Gasteiger partial charge in [-0.1, -0.05) is 6.07 Å². The number of halogens is 2. The van der Waals surface area contributed by atoms with Gasteiger partial charge in [-0.05, 0) is 24.0 Å². The van der Waals surface area contributed by atoms with Crippen molar-refractivity contribution in [3.63, 3.8) is 0 Å². The van der Waals surface area contributed by atoms with Crippen molar-refractivity contribution in [2.75, 3.05) is 32.7 Å². The first-order valence-electron chi connectivity index (χ1n) is 6.41. The van der Waals surface area contributed by atoms with Gasteiger partial charge < -0.3 is 15.4 Å². The lowest BCUT2D eigenvalue weighted by molar-refractivity contribution is 0.181. The predicted molar refractivity (Wildman–Crippen MR) is 99.1 cm³/mol. The van der Waals surface area contributed by atoms with Gasteiger partial charge in [0.1, 0.15) is 5.82 Å². The summed E-state index contributed by atoms with van der Waals surface area (Å²) in [5.74, 6) is 1.53. The number of hydrogen-bond acceptors (Lipinski definition) is 3. The molecule has 0 radical (unpaired) electrons. The Balaban J connectivity index is 0.00000400. The average Bonchev–Trinajstić information content (AvgIpc) is 2.46. The summed E-state index contributed by atoms with van der Waals surface area (Å²) in [5.41, 5.74) is 1.56. The third kappa shape index (κ3) is 7.87. The lowest BCUT2D eigenvalue weighted by Crippen LogP contribution is -2.37. The Morgan fingerprint density at radius 1 is 1.38 bits per heavy atom. The molecule has 7 heteroatoms. The zero-order valence-corrected chi connectivity index (χ0v) is 15.8. The van der Waals surface area contributed by atoms with E-state index >= 15 is 0 Å². The third-order valence-corrected chi connectivity index (χ3v) is 3.30. The van der Waals surface area contributed by atoms with Gasteiger partial charge in [0, 0.05) is 38.6 Å². The number of thioether (sulfide) groups is 1. The third-order valence-electron chi connectivity index (χ3n) is 2.69. The van der Waals surface area contributed by atoms with Crippen molar-refractivity contribution in [3.8, 4) is 0 Å². The molecule has 4 nitrogen and oxygen atoms in total. The van der Waals surface area contributed by atoms with Crippen molar-refractivity contribution in [1.29, 1.82) is 0 Å². The normalized spacial score (nSPS) is 11.0. The molecule has 2 N–H and O–H groups in total. The maximum Gasteiger partial charge on any atom is 0.191 e. The van der Waals surface area contributed by atoms with Crippen LogP contribution in [0.15, 0.2) is 23.2 Å². The van der Waals surface area contributed by atoms with Crippen LogP contribution >= 0.6 is 35.7 Å². The van der Waals surface area contributed by atoms with E-state index in [0.29, 0.717) is 12.1 Å². The molecule has 0 aromatic heterocycles. The molecule has 1 rings (SSSR count). The van der Waals surface area contributed by atoms with E-state index in [1.54, 1.807) is 38.1 Å². The minimum atomic E-state index is -0.238. The number of methoxy groups -OCH3 is 1. The van der Waals surface area contributed by atoms with Crippen LogP contribution in [-0.2, 0) is 17.9 Å². The van der Waals surface area contributed by atoms with Crippen LogP contribution in [-0.4, -0.2) is 38.7 Å². The Labute approximate surface area is 147 Å². The molecule has 120 valence electrons. The highest BCUT2D eigenvalue weighted by molar-refractivity contribution is 14.0. The molecule has 1 aromatic carbocycles. The zero-order chi connectivity index (χ0) is 14.8. The Morgan fingerprint density at radius 2 is 2.14 bits per heavy atom. The average molecular weight is 427 g/mol. The van der Waals surface area contributed by atoms with E-state index in [9.17, 15) is 4.39 Å². The molecule has 0 aliphatic carbocycles. The van der Waals surface area contributed by atoms with Gasteiger partial charge in [0.25, 0.3) is 0 Å². The van der Waals surface area contributed by atoms with Crippen LogP contribution in [0.4, 0.5) is 4.39 Å². The van der Waals surface area contributed by atoms with Crippen molar-refractivity contribution in [1.82, 2.24) is 10.6 Å². The molecule has 0 saturated carbocycles. The first kappa shape index (κ1) is 20.5. The van der Waals surface area contributed by atoms with Crippen molar-refractivity contribution in [2.45, 2.75) is 13.2 Å². The minimum Gasteiger partial charge on any atom is -0.380 e. The van der Waals surface area contributed by atoms with Gasteiger partial charge in [0.15, 0.2) is 5.96 Å². The highest BCUT2D eigenvalue weighted by atomic mass is 127. The zero-order valence-electron chi connectivity index (χ0n) is 12.6. The Kier molecular flexibility index (Phi) is 11.7. The van der Waals surface area contributed by atoms with Gasteiger partial charge in [0.2, 0.25) is 0 Å². The Hall–Kier alpha value is -0.540. The number of benzene rings is 1. The van der Waals surface area contributed by atoms with Gasteiger partial charge in [0.05, 0.1) is 6.61 Å². The lowest BCUT2D eigenvalue weighted by Gasteiger charge is -2.12. The summed E-state index contributed by atoms with van der Waals surface area (Å²) in [7, 11) is 3.29. The molecule has 0 bridgehead atoms. The summed E-state index contributed by atoms with van der Waals surface area (Å²) in [5, 5.41) is 6.41. The van der Waals surface area contributed by atoms with Crippen LogP contribution in [0.3, 0.4) is 0 Å². The van der Waals surface area contributed by atoms with Gasteiger partial charge in [-0.2, -0.15) is 11.8 Å². The van der Waals surface area contributed by atoms with Gasteiger partial charge in [-0.25, -0.2) is 4.39 Å². The second kappa shape index (κ2) is 12.0. The fourth-order valence-electron chi connectivity index (χ4n) is 1.68. The molecule has 0 heterocycles. The van der Waals surface area contributed by atoms with E-state index in [4.69, 9.17) is 4.74 Å². The molecular weight excluding hydrogens is 404 g/mol. The quantitative estimate of drug-likeness (QED) is 0.304. The van der Waals surface area contributed by atoms with Crippen LogP contribution < -0.4 is 10.6 Å². The van der Waals surface area contributed by atoms with Crippen molar-refractivity contribution in [3.05, 3.63) is 35.1 Å². The largest absolute Gasteiger partial charge is 0.380 e. The monoisotopic (exact) mass is 427 g/mol. The molecule has 0 amide bonds. The second-order valence-electron chi connectivity index (χ2n) is 4.20. The summed E-state index contributed by atoms with van der Waals surface area (Å²) in [4.78, 5) is 4.14. The summed E-state index contributed by atoms with van der Waals surface area (Å²) in [6, 6.07) is 5.03. The topological polar surface area (TPSA) is 45.7 Å². The van der Waals surface area contributed by atoms with Crippen LogP contribution in [0.25, 0.3) is 0 Å². The van der Waals surface area contributed by atoms with E-state index in [2.05, 4.69) is 21.9 Å². The molecule has 0 aliphatic rings. The number of ether oxygens (including phenoxy) is 1. The van der Waals surface area contributed by atoms with Crippen LogP contribution in [0.1, 0.15) is 11.1 Å². The van der Waals surface area contributed by atoms with Gasteiger partial charge in [-0.3, -0.25) is 4.99 Å². The van der Waals surface area contributed by atoms with E-state index in [1.165, 1.54) is 6.07 Å². The second-order valence-corrected chi connectivity index (χ2v) is 5.19. The van der Waals surface area contributed by atoms with Crippen LogP contribution in [0, 0.1) is 5.82 Å². The highest BCUT2D eigenvalue weighted by Crippen LogP contribution is 2.11. The summed E-state index contributed by atoms with van der Waals surface area (Å²) < 4.78 is 18.5. The number of aliphatic imine (C=N–C) groups is 1. The van der Waals surface area contributed by atoms with E-state index in [1.807, 2.05) is 0 Å². The van der Waals surface area contributed by atoms with Crippen molar-refractivity contribution < 1.29 is 9.13 Å². The van der Waals surface area contributed by atoms with E-state index < -0.39 is 0 Å². The summed E-state index contributed by atoms with van der Waals surface area (Å²) in [6.45, 7) is 1.73. The maximum absolute atomic E-state index is 13.5. The smallest absolute Gasteiger partial charge is 0.191 e. The predicted octanol–water partition coefficient (Wildman–Crippen LogP) is 2.62. The van der Waals surface area contributed by atoms with Gasteiger partial charge >= 0.3 is 0 Å². The lowest BCUT2D eigenvalue weighted by atomic mass is 10.1. The molecular formula is C14H23FIN3OS. The molecule has 0 unspecified atom stereocenters. The number of rotatable bonds is 7. The maximum atomic E-state index is 13.5. The minimum absolute atomic E-state index is 0. The van der Waals surface area contributed by atoms with Gasteiger partial charge in [-0.15, -0.1) is 24.0 Å². The molecule has 0 saturated heterocycles. The van der Waals surface area contributed by atoms with Crippen molar-refractivity contribution >= 4 is 41.7 Å². The number of guanidine groups is 1. The fraction of sp³-hybridized carbons (Fsp3) is 0.500. The first-order valence-corrected chi connectivity index (χ1v) is 7.80. The number of hydrogen-bond donors (Lipinski definition) is 2. The Bertz CT molecular complexity index is 446. The summed E-state index contributed by atoms with van der Waals surface area (Å²) in [6.07, 6.45) is 2.06. The molecule has 0 fully saturated rings. The first-order chi connectivity index (χ1) is 9.71. The molecule has 21 heavy (non-hydrogen) atoms. The Morgan fingerprint density at radius 3 is 2.76 bits per heavy atom. The highest BCUT2D eigenvalue weighted by Gasteiger charge is 2.04. The van der Waals surface area contributed by atoms with Crippen LogP contribution in [0.2, 0.25) is 0 Å². The molecule has 1 aromatic rings. The fourth-order valence-corrected chi connectivity index (χ4v) is 1.99. The van der Waals surface area contributed by atoms with E-state index in [-0.39, 0.29) is 36.4 Å². The van der Waals surface area contributed by atoms with E-state index in [0.717, 1.165) is 23.8 Å². The molecule has 0 aliphatic heterocycles.